The van der Waals surface area contributed by atoms with Crippen molar-refractivity contribution in [1.29, 1.82) is 0 Å². The summed E-state index contributed by atoms with van der Waals surface area (Å²) in [4.78, 5) is 35.3. The first-order chi connectivity index (χ1) is 18.2. The molecular weight excluding hydrogens is 492 g/mol. The Balaban J connectivity index is 2.69. The molecule has 0 aromatic rings. The Hall–Kier alpha value is -2.99. The molecule has 6 heteroatoms. The van der Waals surface area contributed by atoms with Gasteiger partial charge in [-0.05, 0) is 51.0 Å². The molecule has 1 aliphatic heterocycles. The number of ether oxygens (including phenoxy) is 1. The minimum absolute atomic E-state index is 0.0360. The molecule has 6 nitrogen and oxygen atoms in total. The van der Waals surface area contributed by atoms with Crippen molar-refractivity contribution in [2.75, 3.05) is 0 Å². The first kappa shape index (κ1) is 34.0. The number of hydrogen-bond acceptors (Lipinski definition) is 5. The van der Waals surface area contributed by atoms with Crippen LogP contribution < -0.4 is 0 Å². The van der Waals surface area contributed by atoms with Crippen LogP contribution in [-0.2, 0) is 19.1 Å². The molecule has 39 heavy (non-hydrogen) atoms. The van der Waals surface area contributed by atoms with Crippen LogP contribution in [0.15, 0.2) is 71.4 Å². The highest BCUT2D eigenvalue weighted by Gasteiger charge is 2.29. The summed E-state index contributed by atoms with van der Waals surface area (Å²) < 4.78 is 5.39. The molecule has 7 atom stereocenters. The molecule has 216 valence electrons. The Morgan fingerprint density at radius 3 is 2.38 bits per heavy atom. The second-order valence-corrected chi connectivity index (χ2v) is 11.1. The molecule has 0 aliphatic carbocycles. The fraction of sp³-hybridized carbons (Fsp3) is 0.545. The molecule has 0 bridgehead atoms. The molecule has 0 aromatic carbocycles. The number of aliphatic hydroxyl groups is 1. The quantitative estimate of drug-likeness (QED) is 0.135. The lowest BCUT2D eigenvalue weighted by Crippen LogP contribution is -2.34. The summed E-state index contributed by atoms with van der Waals surface area (Å²) in [5, 5.41) is 19.6. The lowest BCUT2D eigenvalue weighted by atomic mass is 9.83. The summed E-state index contributed by atoms with van der Waals surface area (Å²) in [5.41, 5.74) is 2.84. The zero-order chi connectivity index (χ0) is 29.7. The Morgan fingerprint density at radius 1 is 1.10 bits per heavy atom. The fourth-order valence-corrected chi connectivity index (χ4v) is 4.75. The maximum atomic E-state index is 13.0. The van der Waals surface area contributed by atoms with Crippen LogP contribution >= 0.6 is 0 Å². The number of rotatable bonds is 15. The second-order valence-electron chi connectivity index (χ2n) is 11.1. The largest absolute Gasteiger partial charge is 0.478 e. The fourth-order valence-electron chi connectivity index (χ4n) is 4.75. The zero-order valence-corrected chi connectivity index (χ0v) is 24.9. The van der Waals surface area contributed by atoms with Crippen LogP contribution in [-0.4, -0.2) is 40.1 Å². The number of ketones is 1. The predicted molar refractivity (Wildman–Crippen MR) is 157 cm³/mol. The Labute approximate surface area is 234 Å². The highest BCUT2D eigenvalue weighted by atomic mass is 16.5. The van der Waals surface area contributed by atoms with Gasteiger partial charge < -0.3 is 14.9 Å². The van der Waals surface area contributed by atoms with E-state index >= 15 is 0 Å². The third kappa shape index (κ3) is 12.6. The van der Waals surface area contributed by atoms with Gasteiger partial charge in [-0.25, -0.2) is 9.59 Å². The van der Waals surface area contributed by atoms with Crippen LogP contribution in [0.3, 0.4) is 0 Å². The number of aliphatic carboxylic acids is 1. The van der Waals surface area contributed by atoms with E-state index in [0.717, 1.165) is 24.5 Å². The van der Waals surface area contributed by atoms with E-state index in [1.807, 2.05) is 58.1 Å². The van der Waals surface area contributed by atoms with Gasteiger partial charge in [0.15, 0.2) is 0 Å². The van der Waals surface area contributed by atoms with Crippen LogP contribution in [0.4, 0.5) is 0 Å². The van der Waals surface area contributed by atoms with E-state index in [-0.39, 0.29) is 35.6 Å². The molecule has 1 rings (SSSR count). The van der Waals surface area contributed by atoms with Gasteiger partial charge >= 0.3 is 11.9 Å². The number of carbonyl (C=O) groups excluding carboxylic acids is 2. The number of hydrogen-bond donors (Lipinski definition) is 2. The van der Waals surface area contributed by atoms with Crippen molar-refractivity contribution in [1.82, 2.24) is 0 Å². The van der Waals surface area contributed by atoms with Crippen LogP contribution in [0.2, 0.25) is 0 Å². The van der Waals surface area contributed by atoms with Gasteiger partial charge in [-0.2, -0.15) is 0 Å². The maximum absolute atomic E-state index is 13.0. The van der Waals surface area contributed by atoms with Crippen LogP contribution in [0.25, 0.3) is 0 Å². The Kier molecular flexibility index (Phi) is 14.7. The molecule has 0 spiro atoms. The molecule has 0 amide bonds. The molecule has 1 heterocycles. The molecule has 0 aromatic heterocycles. The smallest absolute Gasteiger partial charge is 0.331 e. The topological polar surface area (TPSA) is 101 Å². The maximum Gasteiger partial charge on any atom is 0.331 e. The van der Waals surface area contributed by atoms with E-state index in [4.69, 9.17) is 9.84 Å². The SMILES string of the molecule is CCC(=C/[C@H](C)C/C=C/C(C)=C/[C@@H](C)C(=O)[C@@H](C)[C@H](O)[C@@H](C)C/C(C)=C\C(=O)O)/C=C/[C@@H]1OC(=O)C=C[C@@H]1C. The molecular formula is C33H48O6. The van der Waals surface area contributed by atoms with Crippen molar-refractivity contribution < 1.29 is 29.3 Å². The highest BCUT2D eigenvalue weighted by Crippen LogP contribution is 2.24. The summed E-state index contributed by atoms with van der Waals surface area (Å²) >= 11 is 0. The van der Waals surface area contributed by atoms with Crippen molar-refractivity contribution in [2.24, 2.45) is 29.6 Å². The minimum Gasteiger partial charge on any atom is -0.478 e. The summed E-state index contributed by atoms with van der Waals surface area (Å²) in [6.45, 7) is 15.4. The molecule has 0 radical (unpaired) electrons. The van der Waals surface area contributed by atoms with Crippen LogP contribution in [0.1, 0.15) is 74.7 Å². The Morgan fingerprint density at radius 2 is 1.77 bits per heavy atom. The number of allylic oxidation sites excluding steroid dienone is 8. The molecule has 0 unspecified atom stereocenters. The lowest BCUT2D eigenvalue weighted by molar-refractivity contribution is -0.143. The third-order valence-corrected chi connectivity index (χ3v) is 7.12. The molecule has 0 saturated carbocycles. The first-order valence-electron chi connectivity index (χ1n) is 14.0. The highest BCUT2D eigenvalue weighted by molar-refractivity contribution is 5.85. The summed E-state index contributed by atoms with van der Waals surface area (Å²) in [6.07, 6.45) is 17.8. The van der Waals surface area contributed by atoms with E-state index in [0.29, 0.717) is 17.9 Å². The Bertz CT molecular complexity index is 1020. The molecule has 1 aliphatic rings. The van der Waals surface area contributed by atoms with Crippen LogP contribution in [0, 0.1) is 29.6 Å². The number of Topliss-reactive ketones (excluding diaryl/α,β-unsaturated/α-hetero) is 1. The van der Waals surface area contributed by atoms with Gasteiger partial charge in [0.2, 0.25) is 0 Å². The number of carbonyl (C=O) groups is 3. The standard InChI is InChI=1S/C33H48O6/c1-9-28(14-15-29-24(5)13-16-31(36)39-29)19-22(3)12-10-11-21(2)17-25(6)32(37)27(8)33(38)26(7)18-23(4)20-30(34)35/h10-11,13-17,19-20,22,24-27,29,33,38H,9,12,18H2,1-8H3,(H,34,35)/b11-10+,15-14+,21-17+,23-20-,28-19-/t22-,24+,25-,26+,27-,29+,33-/m1/s1. The van der Waals surface area contributed by atoms with E-state index in [1.54, 1.807) is 13.8 Å². The predicted octanol–water partition coefficient (Wildman–Crippen LogP) is 6.78. The van der Waals surface area contributed by atoms with E-state index in [9.17, 15) is 19.5 Å². The van der Waals surface area contributed by atoms with Gasteiger partial charge in [-0.15, -0.1) is 0 Å². The number of aliphatic hydroxyl groups excluding tert-OH is 1. The van der Waals surface area contributed by atoms with Crippen molar-refractivity contribution in [3.63, 3.8) is 0 Å². The number of esters is 1. The third-order valence-electron chi connectivity index (χ3n) is 7.12. The average molecular weight is 541 g/mol. The minimum atomic E-state index is -1.01. The second kappa shape index (κ2) is 16.9. The monoisotopic (exact) mass is 540 g/mol. The van der Waals surface area contributed by atoms with Gasteiger partial charge in [0.05, 0.1) is 6.10 Å². The van der Waals surface area contributed by atoms with Gasteiger partial charge in [0.25, 0.3) is 0 Å². The molecule has 0 saturated heterocycles. The molecule has 0 fully saturated rings. The van der Waals surface area contributed by atoms with E-state index < -0.39 is 18.0 Å². The normalized spacial score (nSPS) is 23.0. The van der Waals surface area contributed by atoms with Crippen molar-refractivity contribution in [3.05, 3.63) is 71.4 Å². The molecule has 2 N–H and O–H groups in total. The van der Waals surface area contributed by atoms with Gasteiger partial charge in [0, 0.05) is 29.9 Å². The van der Waals surface area contributed by atoms with Crippen LogP contribution in [0.5, 0.6) is 0 Å². The van der Waals surface area contributed by atoms with Gasteiger partial charge in [-0.1, -0.05) is 94.7 Å². The zero-order valence-electron chi connectivity index (χ0n) is 24.9. The number of carboxylic acid groups (broad SMARTS) is 1. The summed E-state index contributed by atoms with van der Waals surface area (Å²) in [7, 11) is 0. The summed E-state index contributed by atoms with van der Waals surface area (Å²) in [6, 6.07) is 0. The number of carboxylic acids is 1. The number of cyclic esters (lactones) is 1. The van der Waals surface area contributed by atoms with Crippen molar-refractivity contribution in [3.8, 4) is 0 Å². The van der Waals surface area contributed by atoms with Gasteiger partial charge in [-0.3, -0.25) is 4.79 Å². The van der Waals surface area contributed by atoms with Crippen molar-refractivity contribution in [2.45, 2.75) is 86.9 Å². The summed E-state index contributed by atoms with van der Waals surface area (Å²) in [5.74, 6) is -2.01. The van der Waals surface area contributed by atoms with E-state index in [1.165, 1.54) is 11.6 Å². The lowest BCUT2D eigenvalue weighted by Gasteiger charge is -2.25. The average Bonchev–Trinajstić information content (AvgIpc) is 2.86. The first-order valence-corrected chi connectivity index (χ1v) is 14.0. The van der Waals surface area contributed by atoms with E-state index in [2.05, 4.69) is 26.0 Å². The van der Waals surface area contributed by atoms with Crippen molar-refractivity contribution >= 4 is 17.7 Å². The van der Waals surface area contributed by atoms with Gasteiger partial charge in [0.1, 0.15) is 11.9 Å².